The van der Waals surface area contributed by atoms with Crippen molar-refractivity contribution in [3.05, 3.63) is 65.7 Å². The van der Waals surface area contributed by atoms with E-state index in [9.17, 15) is 5.11 Å². The van der Waals surface area contributed by atoms with Crippen LogP contribution in [0.4, 0.5) is 0 Å². The lowest BCUT2D eigenvalue weighted by Gasteiger charge is -2.11. The Kier molecular flexibility index (Phi) is 3.05. The Morgan fingerprint density at radius 1 is 1.21 bits per heavy atom. The van der Waals surface area contributed by atoms with Crippen molar-refractivity contribution in [3.63, 3.8) is 0 Å². The van der Waals surface area contributed by atoms with E-state index in [1.54, 1.807) is 6.26 Å². The molecule has 2 aromatic heterocycles. The van der Waals surface area contributed by atoms with Gasteiger partial charge in [0.25, 0.3) is 0 Å². The van der Waals surface area contributed by atoms with Crippen molar-refractivity contribution in [2.75, 3.05) is 0 Å². The predicted octanol–water partition coefficient (Wildman–Crippen LogP) is 3.41. The zero-order chi connectivity index (χ0) is 13.2. The van der Waals surface area contributed by atoms with Gasteiger partial charge in [-0.1, -0.05) is 18.2 Å². The number of benzene rings is 1. The molecule has 0 aliphatic carbocycles. The Morgan fingerprint density at radius 3 is 2.84 bits per heavy atom. The Balaban J connectivity index is 1.96. The number of fused-ring (bicyclic) bond motifs is 1. The van der Waals surface area contributed by atoms with Gasteiger partial charge in [-0.3, -0.25) is 4.98 Å². The van der Waals surface area contributed by atoms with Crippen LogP contribution in [0.1, 0.15) is 23.1 Å². The summed E-state index contributed by atoms with van der Waals surface area (Å²) in [5.41, 5.74) is 2.72. The first-order valence-corrected chi connectivity index (χ1v) is 6.31. The number of rotatable bonds is 3. The number of furan rings is 1. The van der Waals surface area contributed by atoms with Gasteiger partial charge in [-0.2, -0.15) is 0 Å². The summed E-state index contributed by atoms with van der Waals surface area (Å²) in [6.07, 6.45) is 1.41. The number of nitrogens with zero attached hydrogens (tertiary/aromatic N) is 1. The standard InChI is InChI=1S/C16H15NO2/c1-11-9-15(16(18)10-12-5-4-8-19-12)17-14-7-3-2-6-13(11)14/h2-9,16,18H,10H2,1H3. The van der Waals surface area contributed by atoms with Gasteiger partial charge >= 0.3 is 0 Å². The smallest absolute Gasteiger partial charge is 0.106 e. The Hall–Kier alpha value is -2.13. The van der Waals surface area contributed by atoms with Gasteiger partial charge < -0.3 is 9.52 Å². The maximum Gasteiger partial charge on any atom is 0.106 e. The van der Waals surface area contributed by atoms with Crippen LogP contribution in [0.25, 0.3) is 10.9 Å². The molecule has 0 amide bonds. The molecule has 0 bridgehead atoms. The highest BCUT2D eigenvalue weighted by molar-refractivity contribution is 5.82. The monoisotopic (exact) mass is 253 g/mol. The van der Waals surface area contributed by atoms with Crippen molar-refractivity contribution >= 4 is 10.9 Å². The number of pyridine rings is 1. The average Bonchev–Trinajstić information content (AvgIpc) is 2.91. The molecular weight excluding hydrogens is 238 g/mol. The lowest BCUT2D eigenvalue weighted by molar-refractivity contribution is 0.166. The highest BCUT2D eigenvalue weighted by atomic mass is 16.3. The third-order valence-corrected chi connectivity index (χ3v) is 3.26. The van der Waals surface area contributed by atoms with Crippen LogP contribution in [-0.2, 0) is 6.42 Å². The van der Waals surface area contributed by atoms with E-state index < -0.39 is 6.10 Å². The first kappa shape index (κ1) is 11.9. The molecule has 0 spiro atoms. The van der Waals surface area contributed by atoms with Crippen molar-refractivity contribution in [2.45, 2.75) is 19.4 Å². The van der Waals surface area contributed by atoms with E-state index >= 15 is 0 Å². The number of aryl methyl sites for hydroxylation is 1. The Bertz CT molecular complexity index is 689. The van der Waals surface area contributed by atoms with E-state index in [2.05, 4.69) is 4.98 Å². The van der Waals surface area contributed by atoms with Crippen molar-refractivity contribution in [2.24, 2.45) is 0 Å². The second kappa shape index (κ2) is 4.86. The van der Waals surface area contributed by atoms with Gasteiger partial charge in [-0.25, -0.2) is 0 Å². The predicted molar refractivity (Wildman–Crippen MR) is 73.9 cm³/mol. The fraction of sp³-hybridized carbons (Fsp3) is 0.188. The van der Waals surface area contributed by atoms with E-state index in [1.165, 1.54) is 0 Å². The molecule has 19 heavy (non-hydrogen) atoms. The summed E-state index contributed by atoms with van der Waals surface area (Å²) in [6.45, 7) is 2.03. The molecule has 1 unspecified atom stereocenters. The molecule has 96 valence electrons. The van der Waals surface area contributed by atoms with E-state index in [-0.39, 0.29) is 0 Å². The van der Waals surface area contributed by atoms with Gasteiger partial charge in [0.2, 0.25) is 0 Å². The molecule has 3 heteroatoms. The van der Waals surface area contributed by atoms with Crippen LogP contribution in [0.3, 0.4) is 0 Å². The number of hydrogen-bond donors (Lipinski definition) is 1. The van der Waals surface area contributed by atoms with Crippen LogP contribution < -0.4 is 0 Å². The van der Waals surface area contributed by atoms with Crippen LogP contribution in [-0.4, -0.2) is 10.1 Å². The first-order valence-electron chi connectivity index (χ1n) is 6.31. The van der Waals surface area contributed by atoms with E-state index in [0.717, 1.165) is 22.2 Å². The highest BCUT2D eigenvalue weighted by Gasteiger charge is 2.13. The molecule has 1 N–H and O–H groups in total. The normalized spacial score (nSPS) is 12.7. The van der Waals surface area contributed by atoms with Gasteiger partial charge in [0.05, 0.1) is 17.5 Å². The second-order valence-corrected chi connectivity index (χ2v) is 4.68. The molecule has 3 nitrogen and oxygen atoms in total. The average molecular weight is 253 g/mol. The van der Waals surface area contributed by atoms with Gasteiger partial charge in [-0.15, -0.1) is 0 Å². The number of aromatic nitrogens is 1. The SMILES string of the molecule is Cc1cc(C(O)Cc2ccco2)nc2ccccc12. The Labute approximate surface area is 111 Å². The molecule has 0 aliphatic rings. The summed E-state index contributed by atoms with van der Waals surface area (Å²) in [4.78, 5) is 4.52. The highest BCUT2D eigenvalue weighted by Crippen LogP contribution is 2.23. The molecule has 0 saturated heterocycles. The summed E-state index contributed by atoms with van der Waals surface area (Å²) in [6, 6.07) is 13.6. The van der Waals surface area contributed by atoms with E-state index in [1.807, 2.05) is 49.4 Å². The summed E-state index contributed by atoms with van der Waals surface area (Å²) < 4.78 is 5.26. The van der Waals surface area contributed by atoms with Gasteiger partial charge in [0.1, 0.15) is 11.9 Å². The fourth-order valence-electron chi connectivity index (χ4n) is 2.27. The lowest BCUT2D eigenvalue weighted by atomic mass is 10.0. The van der Waals surface area contributed by atoms with Crippen LogP contribution >= 0.6 is 0 Å². The minimum absolute atomic E-state index is 0.442. The third kappa shape index (κ3) is 2.37. The van der Waals surface area contributed by atoms with Crippen molar-refractivity contribution in [3.8, 4) is 0 Å². The van der Waals surface area contributed by atoms with Crippen molar-refractivity contribution in [1.82, 2.24) is 4.98 Å². The number of hydrogen-bond acceptors (Lipinski definition) is 3. The largest absolute Gasteiger partial charge is 0.469 e. The minimum atomic E-state index is -0.644. The number of aliphatic hydroxyl groups is 1. The molecule has 3 aromatic rings. The minimum Gasteiger partial charge on any atom is -0.469 e. The van der Waals surface area contributed by atoms with Gasteiger partial charge in [-0.05, 0) is 36.8 Å². The summed E-state index contributed by atoms with van der Waals surface area (Å²) >= 11 is 0. The van der Waals surface area contributed by atoms with Crippen LogP contribution in [0.15, 0.2) is 53.1 Å². The quantitative estimate of drug-likeness (QED) is 0.778. The third-order valence-electron chi connectivity index (χ3n) is 3.26. The molecule has 0 saturated carbocycles. The fourth-order valence-corrected chi connectivity index (χ4v) is 2.27. The topological polar surface area (TPSA) is 46.3 Å². The number of aliphatic hydroxyl groups excluding tert-OH is 1. The van der Waals surface area contributed by atoms with Crippen LogP contribution in [0, 0.1) is 6.92 Å². The van der Waals surface area contributed by atoms with Gasteiger partial charge in [0, 0.05) is 11.8 Å². The lowest BCUT2D eigenvalue weighted by Crippen LogP contribution is -2.04. The van der Waals surface area contributed by atoms with Crippen molar-refractivity contribution < 1.29 is 9.52 Å². The molecule has 1 aromatic carbocycles. The zero-order valence-electron chi connectivity index (χ0n) is 10.7. The molecule has 0 aliphatic heterocycles. The molecule has 0 fully saturated rings. The summed E-state index contributed by atoms with van der Waals surface area (Å²) in [7, 11) is 0. The van der Waals surface area contributed by atoms with E-state index in [4.69, 9.17) is 4.42 Å². The molecule has 1 atom stereocenters. The van der Waals surface area contributed by atoms with Gasteiger partial charge in [0.15, 0.2) is 0 Å². The molecule has 3 rings (SSSR count). The molecule has 2 heterocycles. The van der Waals surface area contributed by atoms with E-state index in [0.29, 0.717) is 12.1 Å². The first-order chi connectivity index (χ1) is 9.24. The van der Waals surface area contributed by atoms with Crippen molar-refractivity contribution in [1.29, 1.82) is 0 Å². The maximum absolute atomic E-state index is 10.3. The number of para-hydroxylation sites is 1. The molecular formula is C16H15NO2. The maximum atomic E-state index is 10.3. The second-order valence-electron chi connectivity index (χ2n) is 4.68. The summed E-state index contributed by atoms with van der Waals surface area (Å²) in [5, 5.41) is 11.4. The van der Waals surface area contributed by atoms with Crippen LogP contribution in [0.5, 0.6) is 0 Å². The Morgan fingerprint density at radius 2 is 2.05 bits per heavy atom. The van der Waals surface area contributed by atoms with Crippen LogP contribution in [0.2, 0.25) is 0 Å². The molecule has 0 radical (unpaired) electrons. The summed E-state index contributed by atoms with van der Waals surface area (Å²) in [5.74, 6) is 0.764. The zero-order valence-corrected chi connectivity index (χ0v) is 10.7.